The van der Waals surface area contributed by atoms with Crippen LogP contribution in [0.1, 0.15) is 73.1 Å². The highest BCUT2D eigenvalue weighted by Crippen LogP contribution is 2.62. The minimum absolute atomic E-state index is 0.0830. The number of nitrogens with one attached hydrogen (secondary N) is 1. The van der Waals surface area contributed by atoms with E-state index in [9.17, 15) is 4.79 Å². The van der Waals surface area contributed by atoms with Gasteiger partial charge < -0.3 is 5.32 Å². The van der Waals surface area contributed by atoms with Gasteiger partial charge in [0.05, 0.1) is 5.54 Å². The molecule has 0 radical (unpaired) electrons. The normalized spacial score (nSPS) is 35.0. The van der Waals surface area contributed by atoms with Gasteiger partial charge in [0.2, 0.25) is 0 Å². The topological polar surface area (TPSA) is 42.0 Å². The fourth-order valence-electron chi connectivity index (χ4n) is 6.74. The quantitative estimate of drug-likeness (QED) is 0.760. The van der Waals surface area contributed by atoms with Gasteiger partial charge in [-0.05, 0) is 60.5 Å². The predicted octanol–water partition coefficient (Wildman–Crippen LogP) is 5.54. The lowest BCUT2D eigenvalue weighted by Crippen LogP contribution is -2.58. The molecule has 2 atom stereocenters. The highest BCUT2D eigenvalue weighted by atomic mass is 16.1. The molecule has 1 aromatic heterocycles. The first-order chi connectivity index (χ1) is 12.0. The van der Waals surface area contributed by atoms with Gasteiger partial charge >= 0.3 is 0 Å². The van der Waals surface area contributed by atoms with E-state index in [0.29, 0.717) is 12.2 Å². The lowest BCUT2D eigenvalue weighted by molar-refractivity contribution is -0.120. The van der Waals surface area contributed by atoms with Crippen molar-refractivity contribution in [3.63, 3.8) is 0 Å². The Labute approximate surface area is 157 Å². The van der Waals surface area contributed by atoms with Gasteiger partial charge in [-0.1, -0.05) is 46.3 Å². The number of pyridine rings is 1. The standard InChI is InChI=1S/C23H32N2O/c1-20(2)10-16-11-22(5)13-21(3,4)14-23(15-22,19(16)17(26)12-20)25-18-8-6-7-9-24-18/h6-9H,10-15H2,1-5H3,(H,24,25)/t22-,23+/m0/s1. The van der Waals surface area contributed by atoms with Gasteiger partial charge in [0.25, 0.3) is 0 Å². The Balaban J connectivity index is 1.87. The van der Waals surface area contributed by atoms with Gasteiger partial charge in [0, 0.05) is 18.2 Å². The molecule has 2 bridgehead atoms. The van der Waals surface area contributed by atoms with Crippen LogP contribution in [0.3, 0.4) is 0 Å². The summed E-state index contributed by atoms with van der Waals surface area (Å²) >= 11 is 0. The maximum Gasteiger partial charge on any atom is 0.161 e. The number of rotatable bonds is 2. The van der Waals surface area contributed by atoms with E-state index in [2.05, 4.69) is 44.9 Å². The van der Waals surface area contributed by atoms with Crippen LogP contribution < -0.4 is 5.32 Å². The minimum Gasteiger partial charge on any atom is -0.360 e. The van der Waals surface area contributed by atoms with Crippen LogP contribution in [0.15, 0.2) is 35.5 Å². The molecule has 0 aliphatic heterocycles. The molecule has 0 spiro atoms. The number of carbonyl (C=O) groups excluding carboxylic acids is 1. The Morgan fingerprint density at radius 2 is 1.69 bits per heavy atom. The van der Waals surface area contributed by atoms with Crippen LogP contribution in [0.25, 0.3) is 0 Å². The zero-order valence-corrected chi connectivity index (χ0v) is 16.9. The number of carbonyl (C=O) groups is 1. The van der Waals surface area contributed by atoms with E-state index in [-0.39, 0.29) is 21.8 Å². The Kier molecular flexibility index (Phi) is 3.71. The first-order valence-corrected chi connectivity index (χ1v) is 9.97. The predicted molar refractivity (Wildman–Crippen MR) is 106 cm³/mol. The lowest BCUT2D eigenvalue weighted by atomic mass is 9.48. The molecule has 0 aromatic carbocycles. The van der Waals surface area contributed by atoms with E-state index in [1.54, 1.807) is 0 Å². The molecule has 3 heteroatoms. The van der Waals surface area contributed by atoms with Gasteiger partial charge in [-0.15, -0.1) is 0 Å². The van der Waals surface area contributed by atoms with Crippen molar-refractivity contribution in [2.24, 2.45) is 16.2 Å². The SMILES string of the molecule is CC1(C)CC(=O)C2=C(C1)C[C@@]1(C)CC(C)(C)C[C@@]2(Nc2ccccn2)C1. The summed E-state index contributed by atoms with van der Waals surface area (Å²) in [6.07, 6.45) is 7.87. The summed E-state index contributed by atoms with van der Waals surface area (Å²) < 4.78 is 0. The molecular formula is C23H32N2O. The number of aromatic nitrogens is 1. The zero-order chi connectivity index (χ0) is 18.8. The van der Waals surface area contributed by atoms with E-state index in [1.807, 2.05) is 24.4 Å². The molecule has 1 N–H and O–H groups in total. The fourth-order valence-corrected chi connectivity index (χ4v) is 6.74. The fraction of sp³-hybridized carbons (Fsp3) is 0.652. The molecule has 0 saturated heterocycles. The summed E-state index contributed by atoms with van der Waals surface area (Å²) in [5.41, 5.74) is 2.79. The van der Waals surface area contributed by atoms with Crippen LogP contribution in [-0.4, -0.2) is 16.3 Å². The van der Waals surface area contributed by atoms with Crippen LogP contribution in [0.4, 0.5) is 5.82 Å². The molecule has 3 nitrogen and oxygen atoms in total. The van der Waals surface area contributed by atoms with Gasteiger partial charge in [0.1, 0.15) is 5.82 Å². The lowest BCUT2D eigenvalue weighted by Gasteiger charge is -2.59. The number of allylic oxidation sites excluding steroid dienone is 1. The largest absolute Gasteiger partial charge is 0.360 e. The molecule has 0 unspecified atom stereocenters. The third kappa shape index (κ3) is 3.00. The van der Waals surface area contributed by atoms with Crippen molar-refractivity contribution < 1.29 is 4.79 Å². The van der Waals surface area contributed by atoms with E-state index < -0.39 is 0 Å². The number of nitrogens with zero attached hydrogens (tertiary/aromatic N) is 1. The van der Waals surface area contributed by atoms with Crippen LogP contribution in [-0.2, 0) is 4.79 Å². The van der Waals surface area contributed by atoms with E-state index >= 15 is 0 Å². The van der Waals surface area contributed by atoms with Gasteiger partial charge in [-0.25, -0.2) is 4.98 Å². The van der Waals surface area contributed by atoms with Gasteiger partial charge in [-0.2, -0.15) is 0 Å². The number of hydrogen-bond acceptors (Lipinski definition) is 3. The first-order valence-electron chi connectivity index (χ1n) is 9.97. The van der Waals surface area contributed by atoms with Crippen molar-refractivity contribution >= 4 is 11.6 Å². The highest BCUT2D eigenvalue weighted by Gasteiger charge is 2.57. The molecule has 1 aromatic rings. The number of anilines is 1. The maximum atomic E-state index is 13.3. The molecule has 3 aliphatic carbocycles. The van der Waals surface area contributed by atoms with Gasteiger partial charge in [0.15, 0.2) is 5.78 Å². The Bertz CT molecular complexity index is 777. The van der Waals surface area contributed by atoms with Crippen LogP contribution in [0.2, 0.25) is 0 Å². The average molecular weight is 353 g/mol. The number of fused-ring (bicyclic) bond motifs is 3. The Hall–Kier alpha value is -1.64. The molecule has 140 valence electrons. The van der Waals surface area contributed by atoms with E-state index in [4.69, 9.17) is 0 Å². The monoisotopic (exact) mass is 352 g/mol. The zero-order valence-electron chi connectivity index (χ0n) is 16.9. The van der Waals surface area contributed by atoms with Crippen molar-refractivity contribution in [3.05, 3.63) is 35.5 Å². The van der Waals surface area contributed by atoms with E-state index in [1.165, 1.54) is 12.0 Å². The van der Waals surface area contributed by atoms with Crippen molar-refractivity contribution in [2.75, 3.05) is 5.32 Å². The van der Waals surface area contributed by atoms with Crippen LogP contribution >= 0.6 is 0 Å². The first kappa shape index (κ1) is 17.8. The molecule has 1 fully saturated rings. The summed E-state index contributed by atoms with van der Waals surface area (Å²) in [5.74, 6) is 1.25. The Morgan fingerprint density at radius 1 is 0.923 bits per heavy atom. The molecule has 3 aliphatic rings. The molecule has 1 saturated carbocycles. The second-order valence-electron chi connectivity index (χ2n) is 11.0. The van der Waals surface area contributed by atoms with Gasteiger partial charge in [-0.3, -0.25) is 4.79 Å². The smallest absolute Gasteiger partial charge is 0.161 e. The molecule has 26 heavy (non-hydrogen) atoms. The third-order valence-electron chi connectivity index (χ3n) is 6.53. The minimum atomic E-state index is -0.272. The van der Waals surface area contributed by atoms with Crippen molar-refractivity contribution in [1.29, 1.82) is 0 Å². The molecule has 0 amide bonds. The summed E-state index contributed by atoms with van der Waals surface area (Å²) in [7, 11) is 0. The van der Waals surface area contributed by atoms with Crippen molar-refractivity contribution in [2.45, 2.75) is 78.7 Å². The number of Topliss-reactive ketones (excluding diaryl/α,β-unsaturated/α-hetero) is 1. The summed E-state index contributed by atoms with van der Waals surface area (Å²) in [6, 6.07) is 5.99. The van der Waals surface area contributed by atoms with Crippen LogP contribution in [0.5, 0.6) is 0 Å². The summed E-state index contributed by atoms with van der Waals surface area (Å²) in [5, 5.41) is 3.77. The second kappa shape index (κ2) is 5.43. The third-order valence-corrected chi connectivity index (χ3v) is 6.53. The number of hydrogen-bond donors (Lipinski definition) is 1. The van der Waals surface area contributed by atoms with Crippen molar-refractivity contribution in [1.82, 2.24) is 4.98 Å². The maximum absolute atomic E-state index is 13.3. The number of ketones is 1. The summed E-state index contributed by atoms with van der Waals surface area (Å²) in [4.78, 5) is 17.9. The summed E-state index contributed by atoms with van der Waals surface area (Å²) in [6.45, 7) is 11.6. The highest BCUT2D eigenvalue weighted by molar-refractivity contribution is 6.00. The Morgan fingerprint density at radius 3 is 2.38 bits per heavy atom. The second-order valence-corrected chi connectivity index (χ2v) is 11.0. The molecule has 4 rings (SSSR count). The average Bonchev–Trinajstić information content (AvgIpc) is 2.42. The molecular weight excluding hydrogens is 320 g/mol. The van der Waals surface area contributed by atoms with Crippen LogP contribution in [0, 0.1) is 16.2 Å². The molecule has 1 heterocycles. The van der Waals surface area contributed by atoms with Crippen molar-refractivity contribution in [3.8, 4) is 0 Å². The van der Waals surface area contributed by atoms with E-state index in [0.717, 1.165) is 37.1 Å².